The summed E-state index contributed by atoms with van der Waals surface area (Å²) >= 11 is 0. The Kier molecular flexibility index (Phi) is 7.77. The molecule has 0 spiro atoms. The minimum absolute atomic E-state index is 0.0455. The number of rotatable bonds is 7. The number of carbonyl (C=O) groups excluding carboxylic acids is 2. The van der Waals surface area contributed by atoms with Crippen molar-refractivity contribution in [3.05, 3.63) is 18.0 Å². The van der Waals surface area contributed by atoms with E-state index in [-0.39, 0.29) is 25.1 Å². The molecule has 2 N–H and O–H groups in total. The number of hydrogen-bond donors (Lipinski definition) is 2. The van der Waals surface area contributed by atoms with E-state index in [1.807, 2.05) is 17.2 Å². The van der Waals surface area contributed by atoms with E-state index in [0.29, 0.717) is 18.9 Å². The van der Waals surface area contributed by atoms with E-state index < -0.39 is 36.3 Å². The quantitative estimate of drug-likeness (QED) is 0.570. The summed E-state index contributed by atoms with van der Waals surface area (Å²) in [5.41, 5.74) is 5.41. The molecule has 0 bridgehead atoms. The Hall–Kier alpha value is -2.51. The van der Waals surface area contributed by atoms with Crippen LogP contribution in [0.5, 0.6) is 0 Å². The maximum atomic E-state index is 13.3. The van der Waals surface area contributed by atoms with E-state index in [4.69, 9.17) is 9.47 Å². The Morgan fingerprint density at radius 1 is 1.14 bits per heavy atom. The number of nitrogens with zero attached hydrogens (tertiary/aromatic N) is 4. The summed E-state index contributed by atoms with van der Waals surface area (Å²) in [6, 6.07) is 0.103. The topological polar surface area (TPSA) is 109 Å². The minimum Gasteiger partial charge on any atom is -0.370 e. The first-order valence-corrected chi connectivity index (χ1v) is 11.8. The Balaban J connectivity index is 1.23. The maximum absolute atomic E-state index is 13.3. The number of piperidine rings is 1. The van der Waals surface area contributed by atoms with Crippen molar-refractivity contribution >= 4 is 17.8 Å². The minimum atomic E-state index is -4.72. The van der Waals surface area contributed by atoms with E-state index in [2.05, 4.69) is 20.3 Å². The molecule has 0 aliphatic carbocycles. The average Bonchev–Trinajstić information content (AvgIpc) is 3.18. The number of anilines is 1. The second kappa shape index (κ2) is 10.6. The zero-order chi connectivity index (χ0) is 25.2. The fourth-order valence-corrected chi connectivity index (χ4v) is 4.80. The number of hydrazine groups is 1. The number of alkyl halides is 3. The van der Waals surface area contributed by atoms with Crippen molar-refractivity contribution < 1.29 is 32.2 Å². The van der Waals surface area contributed by atoms with Crippen LogP contribution in [0, 0.1) is 12.8 Å². The van der Waals surface area contributed by atoms with Gasteiger partial charge in [0.15, 0.2) is 5.92 Å². The molecular weight excluding hydrogens is 469 g/mol. The predicted molar refractivity (Wildman–Crippen MR) is 118 cm³/mol. The number of aromatic nitrogens is 2. The first-order chi connectivity index (χ1) is 16.6. The fourth-order valence-electron chi connectivity index (χ4n) is 4.80. The van der Waals surface area contributed by atoms with E-state index >= 15 is 0 Å². The highest BCUT2D eigenvalue weighted by molar-refractivity contribution is 5.83. The van der Waals surface area contributed by atoms with Crippen molar-refractivity contribution in [1.82, 2.24) is 25.7 Å². The molecule has 1 aromatic rings. The van der Waals surface area contributed by atoms with Gasteiger partial charge in [0.2, 0.25) is 11.9 Å². The SMILES string of the molecule is Cc1cnc(N2CCC(N3CC[C@@H](OC[C@H](C)OC4CNNC(=O)C4C(F)(F)F)C3=O)CC2)nc1. The number of ether oxygens (including phenoxy) is 2. The molecule has 4 atom stereocenters. The van der Waals surface area contributed by atoms with Crippen LogP contribution < -0.4 is 15.8 Å². The van der Waals surface area contributed by atoms with Gasteiger partial charge in [0, 0.05) is 51.0 Å². The third kappa shape index (κ3) is 6.01. The van der Waals surface area contributed by atoms with Crippen molar-refractivity contribution in [1.29, 1.82) is 0 Å². The zero-order valence-corrected chi connectivity index (χ0v) is 19.8. The molecule has 0 radical (unpaired) electrons. The predicted octanol–water partition coefficient (Wildman–Crippen LogP) is 0.958. The standard InChI is InChI=1S/C22H31F3N6O4/c1-13-9-26-21(27-10-13)30-6-3-15(4-7-30)31-8-5-16(20(31)33)34-12-14(2)35-17-11-28-29-19(32)18(17)22(23,24)25/h9-10,14-18,28H,3-8,11-12H2,1-2H3,(H,29,32)/t14-,16+,17?,18?/m0/s1. The Labute approximate surface area is 201 Å². The van der Waals surface area contributed by atoms with Gasteiger partial charge >= 0.3 is 6.18 Å². The van der Waals surface area contributed by atoms with Gasteiger partial charge in [0.05, 0.1) is 18.8 Å². The van der Waals surface area contributed by atoms with Crippen molar-refractivity contribution in [3.63, 3.8) is 0 Å². The average molecular weight is 501 g/mol. The lowest BCUT2D eigenvalue weighted by Crippen LogP contribution is -2.60. The number of nitrogens with one attached hydrogen (secondary N) is 2. The lowest BCUT2D eigenvalue weighted by atomic mass is 9.99. The van der Waals surface area contributed by atoms with Crippen LogP contribution in [0.1, 0.15) is 31.7 Å². The molecule has 0 saturated carbocycles. The Morgan fingerprint density at radius 3 is 2.49 bits per heavy atom. The number of amides is 2. The molecule has 10 nitrogen and oxygen atoms in total. The van der Waals surface area contributed by atoms with Gasteiger partial charge in [-0.05, 0) is 32.3 Å². The molecule has 3 saturated heterocycles. The largest absolute Gasteiger partial charge is 0.403 e. The number of likely N-dealkylation sites (tertiary alicyclic amines) is 1. The molecular formula is C22H31F3N6O4. The van der Waals surface area contributed by atoms with Gasteiger partial charge in [-0.1, -0.05) is 0 Å². The summed E-state index contributed by atoms with van der Waals surface area (Å²) in [7, 11) is 0. The van der Waals surface area contributed by atoms with Crippen molar-refractivity contribution in [2.45, 2.75) is 63.6 Å². The van der Waals surface area contributed by atoms with E-state index in [0.717, 1.165) is 31.5 Å². The van der Waals surface area contributed by atoms with Crippen LogP contribution in [-0.2, 0) is 19.1 Å². The van der Waals surface area contributed by atoms with Gasteiger partial charge in [0.25, 0.3) is 5.91 Å². The van der Waals surface area contributed by atoms with E-state index in [1.165, 1.54) is 0 Å². The molecule has 3 aliphatic rings. The second-order valence-corrected chi connectivity index (χ2v) is 9.30. The molecule has 4 heterocycles. The number of halogens is 3. The fraction of sp³-hybridized carbons (Fsp3) is 0.727. The summed E-state index contributed by atoms with van der Waals surface area (Å²) in [6.07, 6.45) is -1.79. The van der Waals surface area contributed by atoms with Gasteiger partial charge in [0.1, 0.15) is 6.10 Å². The normalized spacial score (nSPS) is 27.3. The first-order valence-electron chi connectivity index (χ1n) is 11.8. The molecule has 3 aliphatic heterocycles. The van der Waals surface area contributed by atoms with Crippen LogP contribution in [0.25, 0.3) is 0 Å². The molecule has 13 heteroatoms. The molecule has 3 fully saturated rings. The van der Waals surface area contributed by atoms with Gasteiger partial charge < -0.3 is 19.3 Å². The van der Waals surface area contributed by atoms with Crippen LogP contribution in [-0.4, -0.2) is 90.0 Å². The smallest absolute Gasteiger partial charge is 0.370 e. The number of hydrogen-bond acceptors (Lipinski definition) is 8. The van der Waals surface area contributed by atoms with Crippen LogP contribution >= 0.6 is 0 Å². The third-order valence-corrected chi connectivity index (χ3v) is 6.61. The molecule has 2 unspecified atom stereocenters. The summed E-state index contributed by atoms with van der Waals surface area (Å²) in [4.78, 5) is 37.3. The van der Waals surface area contributed by atoms with Crippen LogP contribution in [0.3, 0.4) is 0 Å². The van der Waals surface area contributed by atoms with E-state index in [9.17, 15) is 22.8 Å². The molecule has 35 heavy (non-hydrogen) atoms. The van der Waals surface area contributed by atoms with Gasteiger partial charge in [-0.3, -0.25) is 15.0 Å². The molecule has 4 rings (SSSR count). The van der Waals surface area contributed by atoms with Crippen LogP contribution in [0.4, 0.5) is 19.1 Å². The Morgan fingerprint density at radius 2 is 1.83 bits per heavy atom. The maximum Gasteiger partial charge on any atom is 0.403 e. The highest BCUT2D eigenvalue weighted by Gasteiger charge is 2.52. The third-order valence-electron chi connectivity index (χ3n) is 6.61. The summed E-state index contributed by atoms with van der Waals surface area (Å²) in [6.45, 7) is 5.35. The van der Waals surface area contributed by atoms with Gasteiger partial charge in [-0.2, -0.15) is 13.2 Å². The highest BCUT2D eigenvalue weighted by atomic mass is 19.4. The van der Waals surface area contributed by atoms with Gasteiger partial charge in [-0.15, -0.1) is 0 Å². The summed E-state index contributed by atoms with van der Waals surface area (Å²) < 4.78 is 51.0. The Bertz CT molecular complexity index is 894. The molecule has 194 valence electrons. The van der Waals surface area contributed by atoms with Gasteiger partial charge in [-0.25, -0.2) is 15.4 Å². The monoisotopic (exact) mass is 500 g/mol. The zero-order valence-electron chi connectivity index (χ0n) is 19.8. The van der Waals surface area contributed by atoms with Crippen LogP contribution in [0.15, 0.2) is 12.4 Å². The summed E-state index contributed by atoms with van der Waals surface area (Å²) in [5.74, 6) is -2.85. The lowest BCUT2D eigenvalue weighted by molar-refractivity contribution is -0.220. The van der Waals surface area contributed by atoms with E-state index in [1.54, 1.807) is 19.3 Å². The number of aryl methyl sites for hydroxylation is 1. The second-order valence-electron chi connectivity index (χ2n) is 9.30. The number of carbonyl (C=O) groups is 2. The highest BCUT2D eigenvalue weighted by Crippen LogP contribution is 2.32. The summed E-state index contributed by atoms with van der Waals surface area (Å²) in [5, 5.41) is 0. The van der Waals surface area contributed by atoms with Crippen molar-refractivity contribution in [2.24, 2.45) is 5.92 Å². The van der Waals surface area contributed by atoms with Crippen LogP contribution in [0.2, 0.25) is 0 Å². The first kappa shape index (κ1) is 25.6. The molecule has 2 amide bonds. The van der Waals surface area contributed by atoms with Crippen molar-refractivity contribution in [2.75, 3.05) is 37.7 Å². The van der Waals surface area contributed by atoms with Crippen molar-refractivity contribution in [3.8, 4) is 0 Å². The molecule has 1 aromatic heterocycles. The lowest BCUT2D eigenvalue weighted by Gasteiger charge is -2.36. The molecule has 0 aromatic carbocycles.